The minimum atomic E-state index is -0.516. The first kappa shape index (κ1) is 22.4. The molecule has 0 fully saturated rings. The number of carbonyl (C=O) groups excluding carboxylic acids is 2. The number of aliphatic imine (C=N–C) groups is 1. The van der Waals surface area contributed by atoms with E-state index in [4.69, 9.17) is 15.2 Å². The first-order valence-electron chi connectivity index (χ1n) is 11.1. The Labute approximate surface area is 188 Å². The van der Waals surface area contributed by atoms with Crippen molar-refractivity contribution in [2.75, 3.05) is 26.4 Å². The summed E-state index contributed by atoms with van der Waals surface area (Å²) < 4.78 is 13.1. The highest BCUT2D eigenvalue weighted by atomic mass is 16.5. The van der Waals surface area contributed by atoms with Crippen molar-refractivity contribution in [3.05, 3.63) is 46.5 Å². The van der Waals surface area contributed by atoms with Gasteiger partial charge in [0.25, 0.3) is 6.34 Å². The maximum Gasteiger partial charge on any atom is 0.336 e. The second-order valence-electron chi connectivity index (χ2n) is 9.18. The molecule has 0 saturated carbocycles. The molecule has 170 valence electrons. The molecule has 3 aliphatic heterocycles. The number of rotatable bonds is 7. The van der Waals surface area contributed by atoms with E-state index in [1.54, 1.807) is 13.3 Å². The predicted octanol–water partition coefficient (Wildman–Crippen LogP) is 1.59. The second kappa shape index (κ2) is 8.96. The molecule has 2 unspecified atom stereocenters. The van der Waals surface area contributed by atoms with Crippen molar-refractivity contribution in [1.82, 2.24) is 5.32 Å². The molecule has 0 aromatic carbocycles. The van der Waals surface area contributed by atoms with Crippen molar-refractivity contribution in [1.29, 1.82) is 0 Å². The molecule has 0 radical (unpaired) electrons. The van der Waals surface area contributed by atoms with E-state index < -0.39 is 11.9 Å². The Balaban J connectivity index is 1.84. The lowest BCUT2D eigenvalue weighted by atomic mass is 9.68. The van der Waals surface area contributed by atoms with Crippen LogP contribution in [0.5, 0.6) is 0 Å². The Hall–Kier alpha value is -2.84. The summed E-state index contributed by atoms with van der Waals surface area (Å²) in [6, 6.07) is -0.0375. The Morgan fingerprint density at radius 1 is 1.38 bits per heavy atom. The fourth-order valence-electron chi connectivity index (χ4n) is 4.75. The number of fused-ring (bicyclic) bond motifs is 1. The monoisotopic (exact) mass is 439 g/mol. The Kier molecular flexibility index (Phi) is 6.26. The Bertz CT molecular complexity index is 1010. The molecule has 3 heterocycles. The summed E-state index contributed by atoms with van der Waals surface area (Å²) in [4.78, 5) is 30.8. The van der Waals surface area contributed by atoms with E-state index >= 15 is 0 Å². The molecule has 8 heteroatoms. The molecular formula is C24H31N4O4+. The second-order valence-corrected chi connectivity index (χ2v) is 9.18. The minimum absolute atomic E-state index is 0.0375. The zero-order chi connectivity index (χ0) is 22.9. The molecule has 0 aromatic heterocycles. The topological polar surface area (TPSA) is 106 Å². The van der Waals surface area contributed by atoms with Crippen molar-refractivity contribution < 1.29 is 23.6 Å². The number of nitrogens with one attached hydrogen (secondary N) is 1. The summed E-state index contributed by atoms with van der Waals surface area (Å²) in [5.74, 6) is -0.900. The average molecular weight is 440 g/mol. The van der Waals surface area contributed by atoms with E-state index in [0.717, 1.165) is 11.3 Å². The number of nitrogens with zero attached hydrogens (tertiary/aromatic N) is 2. The van der Waals surface area contributed by atoms with Crippen LogP contribution in [0.2, 0.25) is 0 Å². The number of nitrogens with two attached hydrogens (primary N) is 1. The fourth-order valence-corrected chi connectivity index (χ4v) is 4.75. The summed E-state index contributed by atoms with van der Waals surface area (Å²) >= 11 is 0. The number of esters is 1. The van der Waals surface area contributed by atoms with Crippen molar-refractivity contribution in [2.24, 2.45) is 22.1 Å². The number of ketones is 1. The number of ether oxygens (including phenoxy) is 2. The number of dihydropyridines is 1. The minimum Gasteiger partial charge on any atom is -0.463 e. The van der Waals surface area contributed by atoms with Crippen LogP contribution in [0.3, 0.4) is 0 Å². The van der Waals surface area contributed by atoms with Gasteiger partial charge >= 0.3 is 5.97 Å². The van der Waals surface area contributed by atoms with Crippen LogP contribution in [0.1, 0.15) is 33.6 Å². The number of hydrogen-bond acceptors (Lipinski definition) is 7. The van der Waals surface area contributed by atoms with Gasteiger partial charge in [-0.25, -0.2) is 9.37 Å². The fraction of sp³-hybridized carbons (Fsp3) is 0.500. The standard InChI is InChI=1S/C24H30N4O4/c1-4-32-23(30)22-18(13-31-8-6-25)27-17-10-24(2,3)11-19(29)21(17)20(22)15-5-7-28-14-26-12-16(28)9-15/h5,7,9,12,14,16,20H,4,6,8,10-11,13,25H2,1-3H3/p+1. The highest BCUT2D eigenvalue weighted by Gasteiger charge is 2.45. The molecule has 8 nitrogen and oxygen atoms in total. The van der Waals surface area contributed by atoms with Gasteiger partial charge in [-0.15, -0.1) is 0 Å². The van der Waals surface area contributed by atoms with E-state index in [-0.39, 0.29) is 30.5 Å². The smallest absolute Gasteiger partial charge is 0.336 e. The van der Waals surface area contributed by atoms with Gasteiger partial charge in [-0.2, -0.15) is 0 Å². The number of carbonyl (C=O) groups is 2. The van der Waals surface area contributed by atoms with Gasteiger partial charge in [0, 0.05) is 30.2 Å². The largest absolute Gasteiger partial charge is 0.463 e. The zero-order valence-corrected chi connectivity index (χ0v) is 18.9. The van der Waals surface area contributed by atoms with Gasteiger partial charge in [-0.3, -0.25) is 4.79 Å². The van der Waals surface area contributed by atoms with E-state index in [2.05, 4.69) is 30.2 Å². The van der Waals surface area contributed by atoms with Crippen LogP contribution in [0.4, 0.5) is 0 Å². The molecule has 4 aliphatic rings. The lowest BCUT2D eigenvalue weighted by molar-refractivity contribution is -0.460. The first-order chi connectivity index (χ1) is 15.3. The van der Waals surface area contributed by atoms with Crippen molar-refractivity contribution >= 4 is 24.3 Å². The van der Waals surface area contributed by atoms with Gasteiger partial charge in [0.1, 0.15) is 0 Å². The molecule has 0 saturated heterocycles. The Morgan fingerprint density at radius 2 is 2.19 bits per heavy atom. The van der Waals surface area contributed by atoms with E-state index in [1.807, 2.05) is 23.1 Å². The van der Waals surface area contributed by atoms with Crippen molar-refractivity contribution in [2.45, 2.75) is 39.7 Å². The lowest BCUT2D eigenvalue weighted by Crippen LogP contribution is -2.42. The highest BCUT2D eigenvalue weighted by molar-refractivity contribution is 6.03. The lowest BCUT2D eigenvalue weighted by Gasteiger charge is -2.40. The first-order valence-corrected chi connectivity index (χ1v) is 11.1. The number of hydrogen-bond donors (Lipinski definition) is 2. The summed E-state index contributed by atoms with van der Waals surface area (Å²) in [5.41, 5.74) is 8.89. The van der Waals surface area contributed by atoms with Crippen molar-refractivity contribution in [3.63, 3.8) is 0 Å². The van der Waals surface area contributed by atoms with Crippen LogP contribution in [0, 0.1) is 11.3 Å². The van der Waals surface area contributed by atoms with Gasteiger partial charge < -0.3 is 20.5 Å². The van der Waals surface area contributed by atoms with Crippen LogP contribution in [0.15, 0.2) is 51.5 Å². The summed E-state index contributed by atoms with van der Waals surface area (Å²) in [5, 5.41) is 3.38. The average Bonchev–Trinajstić information content (AvgIpc) is 3.20. The number of allylic oxidation sites excluding steroid dienone is 4. The van der Waals surface area contributed by atoms with Crippen LogP contribution in [-0.4, -0.2) is 61.3 Å². The predicted molar refractivity (Wildman–Crippen MR) is 121 cm³/mol. The van der Waals surface area contributed by atoms with Crippen LogP contribution < -0.4 is 11.1 Å². The third-order valence-electron chi connectivity index (χ3n) is 6.05. The quantitative estimate of drug-likeness (QED) is 0.355. The molecule has 0 amide bonds. The molecule has 2 atom stereocenters. The molecule has 0 aromatic rings. The zero-order valence-electron chi connectivity index (χ0n) is 18.9. The van der Waals surface area contributed by atoms with Gasteiger partial charge in [0.15, 0.2) is 18.0 Å². The third kappa shape index (κ3) is 4.25. The molecule has 0 spiro atoms. The normalized spacial score (nSPS) is 25.8. The van der Waals surface area contributed by atoms with Crippen LogP contribution in [-0.2, 0) is 19.1 Å². The molecule has 1 aliphatic carbocycles. The van der Waals surface area contributed by atoms with E-state index in [9.17, 15) is 9.59 Å². The molecule has 3 N–H and O–H groups in total. The van der Waals surface area contributed by atoms with Gasteiger partial charge in [-0.05, 0) is 36.5 Å². The summed E-state index contributed by atoms with van der Waals surface area (Å²) in [7, 11) is 0. The van der Waals surface area contributed by atoms with Crippen molar-refractivity contribution in [3.8, 4) is 0 Å². The molecule has 32 heavy (non-hydrogen) atoms. The van der Waals surface area contributed by atoms with Gasteiger partial charge in [0.05, 0.1) is 37.3 Å². The van der Waals surface area contributed by atoms with Gasteiger partial charge in [0.2, 0.25) is 0 Å². The maximum atomic E-state index is 13.4. The molecule has 0 bridgehead atoms. The van der Waals surface area contributed by atoms with E-state index in [0.29, 0.717) is 42.8 Å². The van der Waals surface area contributed by atoms with Crippen LogP contribution >= 0.6 is 0 Å². The molecular weight excluding hydrogens is 408 g/mol. The summed E-state index contributed by atoms with van der Waals surface area (Å²) in [6.07, 6.45) is 10.7. The highest BCUT2D eigenvalue weighted by Crippen LogP contribution is 2.46. The Morgan fingerprint density at radius 3 is 2.94 bits per heavy atom. The number of Topliss-reactive ketones (excluding diaryl/α,β-unsaturated/α-hetero) is 1. The SMILES string of the molecule is CCOC(=O)C1=C(COCCN)NC2=C(C(=O)CC(C)(C)C2)C1C1=CC2C=NC=[N+]2C=C1. The third-order valence-corrected chi connectivity index (χ3v) is 6.05. The maximum absolute atomic E-state index is 13.4. The van der Waals surface area contributed by atoms with Crippen LogP contribution in [0.25, 0.3) is 0 Å². The van der Waals surface area contributed by atoms with E-state index in [1.165, 1.54) is 0 Å². The summed E-state index contributed by atoms with van der Waals surface area (Å²) in [6.45, 7) is 7.13. The van der Waals surface area contributed by atoms with Gasteiger partial charge in [-0.1, -0.05) is 18.8 Å². The molecule has 4 rings (SSSR count).